The van der Waals surface area contributed by atoms with Crippen LogP contribution in [0.4, 0.5) is 0 Å². The Labute approximate surface area is 91.9 Å². The van der Waals surface area contributed by atoms with Gasteiger partial charge in [0.25, 0.3) is 0 Å². The van der Waals surface area contributed by atoms with Crippen LogP contribution in [0, 0.1) is 5.92 Å². The van der Waals surface area contributed by atoms with Crippen LogP contribution >= 0.6 is 0 Å². The van der Waals surface area contributed by atoms with E-state index in [-0.39, 0.29) is 6.10 Å². The minimum Gasteiger partial charge on any atom is -0.390 e. The van der Waals surface area contributed by atoms with Gasteiger partial charge < -0.3 is 9.84 Å². The van der Waals surface area contributed by atoms with Gasteiger partial charge in [-0.2, -0.15) is 0 Å². The molecular formula is C13H20O2. The number of benzene rings is 1. The summed E-state index contributed by atoms with van der Waals surface area (Å²) in [5.74, 6) is 0.306. The lowest BCUT2D eigenvalue weighted by atomic mass is 10.0. The lowest BCUT2D eigenvalue weighted by Crippen LogP contribution is -2.23. The molecule has 0 radical (unpaired) electrons. The van der Waals surface area contributed by atoms with Crippen LogP contribution < -0.4 is 0 Å². The van der Waals surface area contributed by atoms with Crippen molar-refractivity contribution < 1.29 is 9.84 Å². The summed E-state index contributed by atoms with van der Waals surface area (Å²) in [5.41, 5.74) is 1.15. The van der Waals surface area contributed by atoms with Crippen LogP contribution in [0.5, 0.6) is 0 Å². The fourth-order valence-corrected chi connectivity index (χ4v) is 1.31. The fourth-order valence-electron chi connectivity index (χ4n) is 1.31. The highest BCUT2D eigenvalue weighted by molar-refractivity contribution is 5.13. The quantitative estimate of drug-likeness (QED) is 0.778. The molecule has 0 amide bonds. The third kappa shape index (κ3) is 4.45. The fraction of sp³-hybridized carbons (Fsp3) is 0.538. The first-order chi connectivity index (χ1) is 7.24. The molecule has 2 heteroatoms. The summed E-state index contributed by atoms with van der Waals surface area (Å²) in [6.07, 6.45) is 0.634. The van der Waals surface area contributed by atoms with E-state index < -0.39 is 0 Å². The molecule has 84 valence electrons. The second kappa shape index (κ2) is 6.59. The maximum Gasteiger partial charge on any atom is 0.0799 e. The Morgan fingerprint density at radius 1 is 1.27 bits per heavy atom. The van der Waals surface area contributed by atoms with Crippen molar-refractivity contribution in [1.82, 2.24) is 0 Å². The van der Waals surface area contributed by atoms with Crippen molar-refractivity contribution in [3.8, 4) is 0 Å². The molecule has 15 heavy (non-hydrogen) atoms. The second-order valence-electron chi connectivity index (χ2n) is 3.95. The van der Waals surface area contributed by atoms with E-state index in [1.807, 2.05) is 37.3 Å². The lowest BCUT2D eigenvalue weighted by molar-refractivity contribution is 0.00135. The monoisotopic (exact) mass is 208 g/mol. The van der Waals surface area contributed by atoms with Crippen molar-refractivity contribution in [2.75, 3.05) is 6.61 Å². The zero-order chi connectivity index (χ0) is 11.1. The number of aliphatic hydroxyl groups excluding tert-OH is 1. The second-order valence-corrected chi connectivity index (χ2v) is 3.95. The predicted molar refractivity (Wildman–Crippen MR) is 61.6 cm³/mol. The predicted octanol–water partition coefficient (Wildman–Crippen LogP) is 2.61. The van der Waals surface area contributed by atoms with Gasteiger partial charge in [-0.05, 0) is 11.5 Å². The molecule has 0 aromatic heterocycles. The topological polar surface area (TPSA) is 29.5 Å². The number of hydrogen-bond acceptors (Lipinski definition) is 2. The van der Waals surface area contributed by atoms with Crippen LogP contribution in [0.15, 0.2) is 30.3 Å². The minimum atomic E-state index is -0.348. The third-order valence-corrected chi connectivity index (χ3v) is 2.70. The van der Waals surface area contributed by atoms with Crippen molar-refractivity contribution in [2.24, 2.45) is 5.92 Å². The highest BCUT2D eigenvalue weighted by atomic mass is 16.5. The molecule has 0 bridgehead atoms. The molecule has 0 fully saturated rings. The highest BCUT2D eigenvalue weighted by Crippen LogP contribution is 2.08. The molecule has 2 nitrogen and oxygen atoms in total. The van der Waals surface area contributed by atoms with Gasteiger partial charge in [0.1, 0.15) is 0 Å². The van der Waals surface area contributed by atoms with Crippen LogP contribution in [0.25, 0.3) is 0 Å². The van der Waals surface area contributed by atoms with Crippen molar-refractivity contribution >= 4 is 0 Å². The third-order valence-electron chi connectivity index (χ3n) is 2.70. The first kappa shape index (κ1) is 12.2. The molecule has 0 aliphatic rings. The molecule has 0 aliphatic carbocycles. The summed E-state index contributed by atoms with van der Waals surface area (Å²) in [5, 5.41) is 9.67. The van der Waals surface area contributed by atoms with Gasteiger partial charge in [0.05, 0.1) is 19.3 Å². The number of hydrogen-bond donors (Lipinski definition) is 1. The van der Waals surface area contributed by atoms with Crippen LogP contribution in [-0.4, -0.2) is 17.8 Å². The Bertz CT molecular complexity index is 258. The zero-order valence-corrected chi connectivity index (χ0v) is 9.52. The van der Waals surface area contributed by atoms with Crippen LogP contribution in [0.3, 0.4) is 0 Å². The molecule has 1 N–H and O–H groups in total. The van der Waals surface area contributed by atoms with Gasteiger partial charge in [-0.1, -0.05) is 50.6 Å². The summed E-state index contributed by atoms with van der Waals surface area (Å²) < 4.78 is 5.45. The van der Waals surface area contributed by atoms with E-state index in [4.69, 9.17) is 4.74 Å². The molecule has 2 atom stereocenters. The van der Waals surface area contributed by atoms with E-state index in [1.165, 1.54) is 0 Å². The molecule has 0 saturated carbocycles. The Hall–Kier alpha value is -0.860. The summed E-state index contributed by atoms with van der Waals surface area (Å²) in [6.45, 7) is 5.11. The van der Waals surface area contributed by atoms with Crippen LogP contribution in [0.1, 0.15) is 25.8 Å². The summed E-state index contributed by atoms with van der Waals surface area (Å²) in [7, 11) is 0. The van der Waals surface area contributed by atoms with Gasteiger partial charge in [-0.3, -0.25) is 0 Å². The van der Waals surface area contributed by atoms with Crippen molar-refractivity contribution in [3.63, 3.8) is 0 Å². The Morgan fingerprint density at radius 3 is 2.53 bits per heavy atom. The van der Waals surface area contributed by atoms with E-state index in [0.717, 1.165) is 12.0 Å². The van der Waals surface area contributed by atoms with Crippen LogP contribution in [0.2, 0.25) is 0 Å². The molecule has 0 saturated heterocycles. The average Bonchev–Trinajstić information content (AvgIpc) is 2.29. The smallest absolute Gasteiger partial charge is 0.0799 e. The van der Waals surface area contributed by atoms with E-state index in [9.17, 15) is 5.11 Å². The molecule has 1 rings (SSSR count). The number of aliphatic hydroxyl groups is 1. The van der Waals surface area contributed by atoms with Gasteiger partial charge in [-0.25, -0.2) is 0 Å². The Kier molecular flexibility index (Phi) is 5.37. The van der Waals surface area contributed by atoms with E-state index in [2.05, 4.69) is 6.92 Å². The first-order valence-electron chi connectivity index (χ1n) is 5.53. The van der Waals surface area contributed by atoms with E-state index in [0.29, 0.717) is 19.1 Å². The van der Waals surface area contributed by atoms with Gasteiger partial charge in [0.2, 0.25) is 0 Å². The van der Waals surface area contributed by atoms with Gasteiger partial charge in [0.15, 0.2) is 0 Å². The summed E-state index contributed by atoms with van der Waals surface area (Å²) in [4.78, 5) is 0. The molecule has 2 unspecified atom stereocenters. The molecule has 1 aromatic rings. The van der Waals surface area contributed by atoms with Crippen LogP contribution in [-0.2, 0) is 11.3 Å². The summed E-state index contributed by atoms with van der Waals surface area (Å²) >= 11 is 0. The largest absolute Gasteiger partial charge is 0.390 e. The van der Waals surface area contributed by atoms with Gasteiger partial charge in [-0.15, -0.1) is 0 Å². The van der Waals surface area contributed by atoms with Gasteiger partial charge in [0, 0.05) is 0 Å². The van der Waals surface area contributed by atoms with Crippen molar-refractivity contribution in [2.45, 2.75) is 33.0 Å². The van der Waals surface area contributed by atoms with Gasteiger partial charge >= 0.3 is 0 Å². The standard InChI is InChI=1S/C13H20O2/c1-3-11(2)13(14)10-15-9-12-7-5-4-6-8-12/h4-8,11,13-14H,3,9-10H2,1-2H3. The van der Waals surface area contributed by atoms with Crippen molar-refractivity contribution in [3.05, 3.63) is 35.9 Å². The SMILES string of the molecule is CCC(C)C(O)COCc1ccccc1. The molecule has 0 aliphatic heterocycles. The van der Waals surface area contributed by atoms with E-state index >= 15 is 0 Å². The molecule has 0 spiro atoms. The molecule has 1 aromatic carbocycles. The highest BCUT2D eigenvalue weighted by Gasteiger charge is 2.11. The zero-order valence-electron chi connectivity index (χ0n) is 9.52. The van der Waals surface area contributed by atoms with E-state index in [1.54, 1.807) is 0 Å². The lowest BCUT2D eigenvalue weighted by Gasteiger charge is -2.16. The maximum atomic E-state index is 9.67. The Morgan fingerprint density at radius 2 is 1.93 bits per heavy atom. The molecular weight excluding hydrogens is 188 g/mol. The minimum absolute atomic E-state index is 0.306. The molecule has 0 heterocycles. The maximum absolute atomic E-state index is 9.67. The normalized spacial score (nSPS) is 14.9. The number of rotatable bonds is 6. The summed E-state index contributed by atoms with van der Waals surface area (Å²) in [6, 6.07) is 10.0. The van der Waals surface area contributed by atoms with Crippen molar-refractivity contribution in [1.29, 1.82) is 0 Å². The first-order valence-corrected chi connectivity index (χ1v) is 5.53. The number of ether oxygens (including phenoxy) is 1. The Balaban J connectivity index is 2.22. The average molecular weight is 208 g/mol.